The van der Waals surface area contributed by atoms with E-state index in [1.165, 1.54) is 25.7 Å². The maximum Gasteiger partial charge on any atom is 0.125 e. The van der Waals surface area contributed by atoms with Crippen molar-refractivity contribution in [2.75, 3.05) is 12.9 Å². The molecule has 2 nitrogen and oxygen atoms in total. The molecule has 18 heavy (non-hydrogen) atoms. The van der Waals surface area contributed by atoms with Crippen LogP contribution in [0.5, 0.6) is 5.75 Å². The van der Waals surface area contributed by atoms with Crippen LogP contribution in [0.3, 0.4) is 0 Å². The highest BCUT2D eigenvalue weighted by molar-refractivity contribution is 7.99. The van der Waals surface area contributed by atoms with E-state index in [0.29, 0.717) is 0 Å². The van der Waals surface area contributed by atoms with Crippen molar-refractivity contribution in [3.63, 3.8) is 0 Å². The van der Waals surface area contributed by atoms with Gasteiger partial charge in [0.05, 0.1) is 13.2 Å². The van der Waals surface area contributed by atoms with E-state index >= 15 is 0 Å². The fraction of sp³-hybridized carbons (Fsp3) is 0.600. The summed E-state index contributed by atoms with van der Waals surface area (Å²) in [5.41, 5.74) is 0.933. The van der Waals surface area contributed by atoms with E-state index < -0.39 is 6.10 Å². The van der Waals surface area contributed by atoms with Crippen LogP contribution in [0.1, 0.15) is 44.3 Å². The van der Waals surface area contributed by atoms with Crippen LogP contribution in [0.4, 0.5) is 0 Å². The number of benzene rings is 1. The summed E-state index contributed by atoms with van der Waals surface area (Å²) in [7, 11) is 1.66. The summed E-state index contributed by atoms with van der Waals surface area (Å²) in [6.45, 7) is 1.80. The molecule has 0 saturated heterocycles. The third-order valence-corrected chi connectivity index (χ3v) is 4.92. The van der Waals surface area contributed by atoms with Crippen LogP contribution >= 0.6 is 11.8 Å². The van der Waals surface area contributed by atoms with E-state index in [-0.39, 0.29) is 0 Å². The van der Waals surface area contributed by atoms with Gasteiger partial charge in [-0.25, -0.2) is 0 Å². The van der Waals surface area contributed by atoms with Gasteiger partial charge in [-0.3, -0.25) is 0 Å². The van der Waals surface area contributed by atoms with E-state index in [1.807, 2.05) is 23.9 Å². The van der Waals surface area contributed by atoms with Crippen LogP contribution in [0, 0.1) is 5.92 Å². The molecule has 0 aliphatic heterocycles. The molecule has 1 aromatic carbocycles. The molecule has 1 atom stereocenters. The third kappa shape index (κ3) is 3.21. The SMILES string of the molecule is COc1cccc(SCC2CCCC2)c1C(C)O. The van der Waals surface area contributed by atoms with E-state index in [0.717, 1.165) is 27.9 Å². The van der Waals surface area contributed by atoms with E-state index in [4.69, 9.17) is 4.74 Å². The Morgan fingerprint density at radius 1 is 1.39 bits per heavy atom. The summed E-state index contributed by atoms with van der Waals surface area (Å²) >= 11 is 1.86. The van der Waals surface area contributed by atoms with Crippen molar-refractivity contribution in [1.29, 1.82) is 0 Å². The maximum absolute atomic E-state index is 9.92. The molecule has 0 amide bonds. The molecule has 1 fully saturated rings. The molecule has 0 aromatic heterocycles. The number of hydrogen-bond donors (Lipinski definition) is 1. The number of hydrogen-bond acceptors (Lipinski definition) is 3. The lowest BCUT2D eigenvalue weighted by molar-refractivity contribution is 0.191. The molecular formula is C15H22O2S. The molecule has 1 saturated carbocycles. The predicted molar refractivity (Wildman–Crippen MR) is 76.3 cm³/mol. The lowest BCUT2D eigenvalue weighted by Gasteiger charge is -2.17. The highest BCUT2D eigenvalue weighted by Gasteiger charge is 2.18. The van der Waals surface area contributed by atoms with Crippen LogP contribution in [-0.4, -0.2) is 18.0 Å². The zero-order chi connectivity index (χ0) is 13.0. The molecule has 0 heterocycles. The predicted octanol–water partition coefficient (Wildman–Crippen LogP) is 4.03. The summed E-state index contributed by atoms with van der Waals surface area (Å²) < 4.78 is 5.35. The highest BCUT2D eigenvalue weighted by Crippen LogP contribution is 2.37. The number of aliphatic hydroxyl groups is 1. The smallest absolute Gasteiger partial charge is 0.125 e. The van der Waals surface area contributed by atoms with Crippen LogP contribution in [0.2, 0.25) is 0 Å². The Kier molecular flexibility index (Phi) is 4.95. The van der Waals surface area contributed by atoms with Gasteiger partial charge in [-0.15, -0.1) is 11.8 Å². The molecule has 0 radical (unpaired) electrons. The van der Waals surface area contributed by atoms with Gasteiger partial charge in [-0.2, -0.15) is 0 Å². The molecule has 1 aromatic rings. The molecule has 0 spiro atoms. The minimum absolute atomic E-state index is 0.479. The Balaban J connectivity index is 2.10. The molecule has 3 heteroatoms. The van der Waals surface area contributed by atoms with E-state index in [2.05, 4.69) is 6.07 Å². The molecule has 1 aliphatic rings. The van der Waals surface area contributed by atoms with Gasteiger partial charge in [0, 0.05) is 16.2 Å². The summed E-state index contributed by atoms with van der Waals surface area (Å²) in [4.78, 5) is 1.16. The Bertz CT molecular complexity index is 384. The third-order valence-electron chi connectivity index (χ3n) is 3.61. The summed E-state index contributed by atoms with van der Waals surface area (Å²) in [6, 6.07) is 6.01. The number of aliphatic hydroxyl groups excluding tert-OH is 1. The molecule has 1 unspecified atom stereocenters. The second kappa shape index (κ2) is 6.48. The van der Waals surface area contributed by atoms with Gasteiger partial charge in [0.2, 0.25) is 0 Å². The summed E-state index contributed by atoms with van der Waals surface area (Å²) in [6.07, 6.45) is 5.01. The topological polar surface area (TPSA) is 29.5 Å². The van der Waals surface area contributed by atoms with Crippen molar-refractivity contribution in [2.24, 2.45) is 5.92 Å². The first-order chi connectivity index (χ1) is 8.72. The van der Waals surface area contributed by atoms with Crippen LogP contribution in [0.15, 0.2) is 23.1 Å². The Morgan fingerprint density at radius 3 is 2.72 bits per heavy atom. The minimum Gasteiger partial charge on any atom is -0.496 e. The number of methoxy groups -OCH3 is 1. The van der Waals surface area contributed by atoms with Crippen LogP contribution < -0.4 is 4.74 Å². The molecule has 1 N–H and O–H groups in total. The second-order valence-electron chi connectivity index (χ2n) is 5.01. The number of ether oxygens (including phenoxy) is 1. The highest BCUT2D eigenvalue weighted by atomic mass is 32.2. The van der Waals surface area contributed by atoms with Crippen molar-refractivity contribution in [2.45, 2.75) is 43.6 Å². The van der Waals surface area contributed by atoms with Crippen molar-refractivity contribution >= 4 is 11.8 Å². The largest absolute Gasteiger partial charge is 0.496 e. The number of rotatable bonds is 5. The average Bonchev–Trinajstić information content (AvgIpc) is 2.88. The first kappa shape index (κ1) is 13.8. The Hall–Kier alpha value is -0.670. The fourth-order valence-corrected chi connectivity index (χ4v) is 3.97. The molecule has 100 valence electrons. The van der Waals surface area contributed by atoms with Crippen molar-refractivity contribution in [1.82, 2.24) is 0 Å². The van der Waals surface area contributed by atoms with Gasteiger partial charge in [0.15, 0.2) is 0 Å². The molecule has 1 aliphatic carbocycles. The summed E-state index contributed by atoms with van der Waals surface area (Å²) in [5.74, 6) is 2.80. The lowest BCUT2D eigenvalue weighted by atomic mass is 10.1. The van der Waals surface area contributed by atoms with Crippen LogP contribution in [0.25, 0.3) is 0 Å². The number of thioether (sulfide) groups is 1. The molecule has 0 bridgehead atoms. The standard InChI is InChI=1S/C15H22O2S/c1-11(16)15-13(17-2)8-5-9-14(15)18-10-12-6-3-4-7-12/h5,8-9,11-12,16H,3-4,6-7,10H2,1-2H3. The van der Waals surface area contributed by atoms with Gasteiger partial charge in [-0.05, 0) is 37.8 Å². The first-order valence-electron chi connectivity index (χ1n) is 6.70. The van der Waals surface area contributed by atoms with Crippen molar-refractivity contribution in [3.05, 3.63) is 23.8 Å². The van der Waals surface area contributed by atoms with Crippen molar-refractivity contribution < 1.29 is 9.84 Å². The zero-order valence-electron chi connectivity index (χ0n) is 11.2. The minimum atomic E-state index is -0.479. The molecule has 2 rings (SSSR count). The Labute approximate surface area is 114 Å². The van der Waals surface area contributed by atoms with Crippen molar-refractivity contribution in [3.8, 4) is 5.75 Å². The zero-order valence-corrected chi connectivity index (χ0v) is 12.0. The van der Waals surface area contributed by atoms with Gasteiger partial charge >= 0.3 is 0 Å². The monoisotopic (exact) mass is 266 g/mol. The van der Waals surface area contributed by atoms with Gasteiger partial charge in [0.25, 0.3) is 0 Å². The van der Waals surface area contributed by atoms with E-state index in [1.54, 1.807) is 14.0 Å². The second-order valence-corrected chi connectivity index (χ2v) is 6.07. The van der Waals surface area contributed by atoms with E-state index in [9.17, 15) is 5.11 Å². The van der Waals surface area contributed by atoms with Gasteiger partial charge in [0.1, 0.15) is 5.75 Å². The van der Waals surface area contributed by atoms with Gasteiger partial charge in [-0.1, -0.05) is 18.9 Å². The molecular weight excluding hydrogens is 244 g/mol. The van der Waals surface area contributed by atoms with Gasteiger partial charge < -0.3 is 9.84 Å². The van der Waals surface area contributed by atoms with Crippen LogP contribution in [-0.2, 0) is 0 Å². The maximum atomic E-state index is 9.92. The lowest BCUT2D eigenvalue weighted by Crippen LogP contribution is -2.01. The normalized spacial score (nSPS) is 17.9. The Morgan fingerprint density at radius 2 is 2.11 bits per heavy atom. The summed E-state index contributed by atoms with van der Waals surface area (Å²) in [5, 5.41) is 9.92. The average molecular weight is 266 g/mol. The fourth-order valence-electron chi connectivity index (χ4n) is 2.62. The first-order valence-corrected chi connectivity index (χ1v) is 7.68. The quantitative estimate of drug-likeness (QED) is 0.816.